The second-order valence-electron chi connectivity index (χ2n) is 5.74. The molecule has 0 unspecified atom stereocenters. The van der Waals surface area contributed by atoms with Gasteiger partial charge in [0.15, 0.2) is 0 Å². The third kappa shape index (κ3) is 3.72. The Hall–Kier alpha value is -2.31. The number of pyridine rings is 1. The van der Waals surface area contributed by atoms with Crippen LogP contribution in [0, 0.1) is 5.92 Å². The summed E-state index contributed by atoms with van der Waals surface area (Å²) in [5.74, 6) is 0.352. The van der Waals surface area contributed by atoms with E-state index < -0.39 is 17.7 Å². The third-order valence-corrected chi connectivity index (χ3v) is 4.22. The highest BCUT2D eigenvalue weighted by molar-refractivity contribution is 5.44. The minimum absolute atomic E-state index is 0.352. The van der Waals surface area contributed by atoms with Crippen molar-refractivity contribution in [1.82, 2.24) is 14.5 Å². The Balaban J connectivity index is 1.60. The van der Waals surface area contributed by atoms with Crippen LogP contribution in [0.1, 0.15) is 25.0 Å². The predicted octanol–water partition coefficient (Wildman–Crippen LogP) is 2.49. The summed E-state index contributed by atoms with van der Waals surface area (Å²) in [6.45, 7) is 2.34. The van der Waals surface area contributed by atoms with Crippen LogP contribution >= 0.6 is 0 Å². The van der Waals surface area contributed by atoms with Crippen molar-refractivity contribution in [3.05, 3.63) is 53.0 Å². The molecule has 0 bridgehead atoms. The molecule has 3 heterocycles. The minimum Gasteiger partial charge on any atom is -0.371 e. The molecule has 2 aromatic heterocycles. The average molecular weight is 320 g/mol. The summed E-state index contributed by atoms with van der Waals surface area (Å²) in [6, 6.07) is 4.90. The van der Waals surface area contributed by atoms with Gasteiger partial charge >= 0.3 is 0 Å². The van der Waals surface area contributed by atoms with Crippen LogP contribution in [-0.4, -0.2) is 27.6 Å². The summed E-state index contributed by atoms with van der Waals surface area (Å²) in [6.07, 6.45) is 3.98. The second kappa shape index (κ2) is 6.85. The number of aromatic nitrogens is 3. The van der Waals surface area contributed by atoms with E-state index in [9.17, 15) is 13.6 Å². The predicted molar refractivity (Wildman–Crippen MR) is 82.6 cm³/mol. The molecule has 0 saturated carbocycles. The maximum atomic E-state index is 12.5. The van der Waals surface area contributed by atoms with Crippen LogP contribution in [0.5, 0.6) is 0 Å². The van der Waals surface area contributed by atoms with Crippen molar-refractivity contribution in [2.75, 3.05) is 18.0 Å². The van der Waals surface area contributed by atoms with Gasteiger partial charge in [0.05, 0.1) is 6.33 Å². The van der Waals surface area contributed by atoms with Gasteiger partial charge in [-0.2, -0.15) is 0 Å². The van der Waals surface area contributed by atoms with E-state index in [4.69, 9.17) is 0 Å². The first-order valence-electron chi connectivity index (χ1n) is 7.63. The molecule has 5 nitrogen and oxygen atoms in total. The average Bonchev–Trinajstić information content (AvgIpc) is 2.58. The summed E-state index contributed by atoms with van der Waals surface area (Å²) < 4.78 is 26.5. The van der Waals surface area contributed by atoms with Crippen LogP contribution in [0.2, 0.25) is 0 Å². The molecule has 1 aliphatic rings. The quantitative estimate of drug-likeness (QED) is 0.868. The maximum absolute atomic E-state index is 12.5. The molecule has 3 rings (SSSR count). The molecule has 7 heteroatoms. The van der Waals surface area contributed by atoms with Crippen LogP contribution in [0.4, 0.5) is 14.5 Å². The first-order valence-corrected chi connectivity index (χ1v) is 7.63. The number of alkyl halides is 2. The smallest absolute Gasteiger partial charge is 0.280 e. The van der Waals surface area contributed by atoms with Crippen LogP contribution in [0.3, 0.4) is 0 Å². The molecule has 0 aromatic carbocycles. The van der Waals surface area contributed by atoms with Gasteiger partial charge in [-0.15, -0.1) is 0 Å². The number of hydrogen-bond acceptors (Lipinski definition) is 4. The molecule has 1 fully saturated rings. The fourth-order valence-electron chi connectivity index (χ4n) is 2.90. The first kappa shape index (κ1) is 15.6. The Morgan fingerprint density at radius 1 is 1.22 bits per heavy atom. The zero-order valence-electron chi connectivity index (χ0n) is 12.6. The van der Waals surface area contributed by atoms with Crippen molar-refractivity contribution in [3.63, 3.8) is 0 Å². The highest BCUT2D eigenvalue weighted by atomic mass is 19.3. The number of hydrogen-bond donors (Lipinski definition) is 0. The molecular weight excluding hydrogens is 302 g/mol. The van der Waals surface area contributed by atoms with Crippen molar-refractivity contribution < 1.29 is 8.78 Å². The molecule has 0 atom stereocenters. The van der Waals surface area contributed by atoms with Gasteiger partial charge in [0.25, 0.3) is 12.0 Å². The topological polar surface area (TPSA) is 51.0 Å². The Labute approximate surface area is 132 Å². The van der Waals surface area contributed by atoms with Crippen LogP contribution in [0.15, 0.2) is 41.7 Å². The Kier molecular flexibility index (Phi) is 4.64. The van der Waals surface area contributed by atoms with E-state index >= 15 is 0 Å². The molecule has 0 radical (unpaired) electrons. The van der Waals surface area contributed by atoms with Gasteiger partial charge in [-0.25, -0.2) is 13.8 Å². The Morgan fingerprint density at radius 2 is 1.91 bits per heavy atom. The van der Waals surface area contributed by atoms with Crippen molar-refractivity contribution >= 4 is 5.69 Å². The van der Waals surface area contributed by atoms with E-state index in [0.717, 1.165) is 37.7 Å². The molecule has 2 aromatic rings. The summed E-state index contributed by atoms with van der Waals surface area (Å²) >= 11 is 0. The maximum Gasteiger partial charge on any atom is 0.280 e. The third-order valence-electron chi connectivity index (χ3n) is 4.22. The van der Waals surface area contributed by atoms with E-state index in [-0.39, 0.29) is 0 Å². The summed E-state index contributed by atoms with van der Waals surface area (Å²) in [5.41, 5.74) is 0.282. The number of nitrogens with zero attached hydrogens (tertiary/aromatic N) is 4. The molecule has 23 heavy (non-hydrogen) atoms. The fourth-order valence-corrected chi connectivity index (χ4v) is 2.90. The number of rotatable bonds is 4. The summed E-state index contributed by atoms with van der Waals surface area (Å²) in [5, 5.41) is 0. The standard InChI is InChI=1S/C16H18F2N4O/c17-16(18)14-9-15(23)22(11-20-14)10-12-3-7-21(8-4-12)13-1-5-19-6-2-13/h1-2,5-6,9,11-12,16H,3-4,7-8,10H2. The first-order chi connectivity index (χ1) is 11.1. The highest BCUT2D eigenvalue weighted by Gasteiger charge is 2.20. The molecular formula is C16H18F2N4O. The van der Waals surface area contributed by atoms with Crippen molar-refractivity contribution in [2.24, 2.45) is 5.92 Å². The number of anilines is 1. The normalized spacial score (nSPS) is 16.0. The molecule has 1 aliphatic heterocycles. The Bertz CT molecular complexity index is 697. The van der Waals surface area contributed by atoms with E-state index in [1.165, 1.54) is 10.9 Å². The van der Waals surface area contributed by atoms with Gasteiger partial charge in [0, 0.05) is 43.8 Å². The molecule has 1 saturated heterocycles. The van der Waals surface area contributed by atoms with Gasteiger partial charge in [-0.05, 0) is 30.9 Å². The van der Waals surface area contributed by atoms with Crippen molar-refractivity contribution in [3.8, 4) is 0 Å². The lowest BCUT2D eigenvalue weighted by Crippen LogP contribution is -2.36. The van der Waals surface area contributed by atoms with E-state index in [1.807, 2.05) is 12.1 Å². The van der Waals surface area contributed by atoms with Gasteiger partial charge in [-0.3, -0.25) is 14.3 Å². The molecule has 0 aliphatic carbocycles. The highest BCUT2D eigenvalue weighted by Crippen LogP contribution is 2.23. The van der Waals surface area contributed by atoms with E-state index in [2.05, 4.69) is 14.9 Å². The zero-order chi connectivity index (χ0) is 16.2. The van der Waals surface area contributed by atoms with Crippen LogP contribution < -0.4 is 10.5 Å². The van der Waals surface area contributed by atoms with Crippen molar-refractivity contribution in [1.29, 1.82) is 0 Å². The van der Waals surface area contributed by atoms with Gasteiger partial charge in [0.2, 0.25) is 0 Å². The summed E-state index contributed by atoms with van der Waals surface area (Å²) in [4.78, 5) is 21.8. The summed E-state index contributed by atoms with van der Waals surface area (Å²) in [7, 11) is 0. The molecule has 0 N–H and O–H groups in total. The fraction of sp³-hybridized carbons (Fsp3) is 0.438. The Morgan fingerprint density at radius 3 is 2.52 bits per heavy atom. The van der Waals surface area contributed by atoms with E-state index in [0.29, 0.717) is 12.5 Å². The van der Waals surface area contributed by atoms with Crippen LogP contribution in [-0.2, 0) is 6.54 Å². The largest absolute Gasteiger partial charge is 0.371 e. The molecule has 122 valence electrons. The lowest BCUT2D eigenvalue weighted by Gasteiger charge is -2.33. The number of piperidine rings is 1. The zero-order valence-corrected chi connectivity index (χ0v) is 12.6. The lowest BCUT2D eigenvalue weighted by atomic mass is 9.96. The van der Waals surface area contributed by atoms with E-state index in [1.54, 1.807) is 12.4 Å². The second-order valence-corrected chi connectivity index (χ2v) is 5.74. The van der Waals surface area contributed by atoms with Crippen molar-refractivity contribution in [2.45, 2.75) is 25.8 Å². The molecule has 0 spiro atoms. The SMILES string of the molecule is O=c1cc(C(F)F)ncn1CC1CCN(c2ccncc2)CC1. The monoisotopic (exact) mass is 320 g/mol. The van der Waals surface area contributed by atoms with Gasteiger partial charge < -0.3 is 4.90 Å². The van der Waals surface area contributed by atoms with Gasteiger partial charge in [0.1, 0.15) is 5.69 Å². The van der Waals surface area contributed by atoms with Gasteiger partial charge in [-0.1, -0.05) is 0 Å². The minimum atomic E-state index is -2.71. The lowest BCUT2D eigenvalue weighted by molar-refractivity contribution is 0.145. The molecule has 0 amide bonds. The van der Waals surface area contributed by atoms with Crippen LogP contribution in [0.25, 0.3) is 0 Å². The number of halogens is 2.